The molecule has 0 bridgehead atoms. The Kier molecular flexibility index (Phi) is 13.7. The van der Waals surface area contributed by atoms with Crippen molar-refractivity contribution in [2.75, 3.05) is 6.54 Å². The highest BCUT2D eigenvalue weighted by atomic mass is 14.9. The molecule has 2 heteroatoms. The molecule has 0 heterocycles. The second-order valence-electron chi connectivity index (χ2n) is 3.66. The van der Waals surface area contributed by atoms with Crippen LogP contribution in [-0.4, -0.2) is 12.8 Å². The molecular weight excluding hydrogens is 172 g/mol. The predicted molar refractivity (Wildman–Crippen MR) is 66.0 cm³/mol. The second kappa shape index (κ2) is 12.2. The highest BCUT2D eigenvalue weighted by Gasteiger charge is 1.92. The van der Waals surface area contributed by atoms with E-state index in [1.54, 1.807) is 0 Å². The Hall–Kier alpha value is -0.790. The Morgan fingerprint density at radius 1 is 1.29 bits per heavy atom. The first-order valence-electron chi connectivity index (χ1n) is 5.52. The third kappa shape index (κ3) is 13.8. The molecule has 0 rings (SSSR count). The molecule has 0 saturated heterocycles. The largest absolute Gasteiger partial charge is 0.384 e. The number of unbranched alkanes of at least 4 members (excludes halogenated alkanes) is 1. The van der Waals surface area contributed by atoms with E-state index < -0.39 is 0 Å². The molecule has 0 aliphatic carbocycles. The Labute approximate surface area is 89.3 Å². The topological polar surface area (TPSA) is 35.9 Å². The van der Waals surface area contributed by atoms with Crippen molar-refractivity contribution in [1.82, 2.24) is 5.32 Å². The van der Waals surface area contributed by atoms with Crippen molar-refractivity contribution in [2.24, 2.45) is 5.92 Å². The zero-order valence-corrected chi connectivity index (χ0v) is 10.4. The van der Waals surface area contributed by atoms with Gasteiger partial charge in [0.2, 0.25) is 0 Å². The zero-order valence-electron chi connectivity index (χ0n) is 10.4. The molecule has 2 nitrogen and oxygen atoms in total. The van der Waals surface area contributed by atoms with E-state index in [9.17, 15) is 0 Å². The lowest BCUT2D eigenvalue weighted by molar-refractivity contribution is 0.605. The van der Waals surface area contributed by atoms with Crippen molar-refractivity contribution in [2.45, 2.75) is 47.5 Å². The SMILES string of the molecule is C/C=C(\C=N)NCC(C)C.CCCC. The molecule has 0 saturated carbocycles. The van der Waals surface area contributed by atoms with Crippen LogP contribution in [0.15, 0.2) is 11.8 Å². The van der Waals surface area contributed by atoms with E-state index >= 15 is 0 Å². The summed E-state index contributed by atoms with van der Waals surface area (Å²) in [6.45, 7) is 11.5. The molecule has 0 amide bonds. The van der Waals surface area contributed by atoms with E-state index in [4.69, 9.17) is 5.41 Å². The van der Waals surface area contributed by atoms with Crippen LogP contribution in [-0.2, 0) is 0 Å². The third-order valence-electron chi connectivity index (χ3n) is 1.68. The van der Waals surface area contributed by atoms with Crippen molar-refractivity contribution in [3.8, 4) is 0 Å². The summed E-state index contributed by atoms with van der Waals surface area (Å²) < 4.78 is 0. The number of rotatable bonds is 5. The summed E-state index contributed by atoms with van der Waals surface area (Å²) in [6, 6.07) is 0. The minimum Gasteiger partial charge on any atom is -0.384 e. The molecular formula is C12H26N2. The molecule has 0 aromatic rings. The molecule has 0 spiro atoms. The first-order chi connectivity index (χ1) is 6.62. The van der Waals surface area contributed by atoms with E-state index in [1.165, 1.54) is 19.1 Å². The Balaban J connectivity index is 0. The molecule has 0 unspecified atom stereocenters. The third-order valence-corrected chi connectivity index (χ3v) is 1.68. The number of nitrogens with one attached hydrogen (secondary N) is 2. The molecule has 0 aliphatic heterocycles. The summed E-state index contributed by atoms with van der Waals surface area (Å²) in [7, 11) is 0. The van der Waals surface area contributed by atoms with Crippen LogP contribution in [0.1, 0.15) is 47.5 Å². The summed E-state index contributed by atoms with van der Waals surface area (Å²) in [5.74, 6) is 0.634. The average molecular weight is 198 g/mol. The lowest BCUT2D eigenvalue weighted by Gasteiger charge is -2.07. The van der Waals surface area contributed by atoms with Gasteiger partial charge in [0, 0.05) is 18.5 Å². The fourth-order valence-electron chi connectivity index (χ4n) is 0.558. The van der Waals surface area contributed by atoms with Crippen molar-refractivity contribution < 1.29 is 0 Å². The molecule has 2 N–H and O–H groups in total. The van der Waals surface area contributed by atoms with Crippen LogP contribution in [0.3, 0.4) is 0 Å². The van der Waals surface area contributed by atoms with Gasteiger partial charge in [-0.1, -0.05) is 46.6 Å². The van der Waals surface area contributed by atoms with Gasteiger partial charge in [-0.05, 0) is 12.8 Å². The highest BCUT2D eigenvalue weighted by Crippen LogP contribution is 1.90. The fraction of sp³-hybridized carbons (Fsp3) is 0.750. The normalized spacial score (nSPS) is 10.6. The van der Waals surface area contributed by atoms with Crippen molar-refractivity contribution in [3.63, 3.8) is 0 Å². The van der Waals surface area contributed by atoms with Gasteiger partial charge in [-0.25, -0.2) is 0 Å². The molecule has 0 aromatic carbocycles. The van der Waals surface area contributed by atoms with Gasteiger partial charge in [0.05, 0.1) is 0 Å². The van der Waals surface area contributed by atoms with Gasteiger partial charge in [-0.2, -0.15) is 0 Å². The maximum atomic E-state index is 6.95. The van der Waals surface area contributed by atoms with E-state index in [-0.39, 0.29) is 0 Å². The van der Waals surface area contributed by atoms with E-state index in [1.807, 2.05) is 13.0 Å². The molecule has 14 heavy (non-hydrogen) atoms. The molecule has 0 radical (unpaired) electrons. The van der Waals surface area contributed by atoms with Crippen molar-refractivity contribution in [3.05, 3.63) is 11.8 Å². The first kappa shape index (κ1) is 15.7. The average Bonchev–Trinajstić information content (AvgIpc) is 2.19. The summed E-state index contributed by atoms with van der Waals surface area (Å²) >= 11 is 0. The second-order valence-corrected chi connectivity index (χ2v) is 3.66. The van der Waals surface area contributed by atoms with Gasteiger partial charge in [0.25, 0.3) is 0 Å². The zero-order chi connectivity index (χ0) is 11.4. The van der Waals surface area contributed by atoms with E-state index in [0.717, 1.165) is 12.2 Å². The summed E-state index contributed by atoms with van der Waals surface area (Å²) in [4.78, 5) is 0. The lowest BCUT2D eigenvalue weighted by Crippen LogP contribution is -2.19. The van der Waals surface area contributed by atoms with Crippen LogP contribution in [0.4, 0.5) is 0 Å². The van der Waals surface area contributed by atoms with Crippen LogP contribution in [0, 0.1) is 11.3 Å². The number of hydrogen-bond acceptors (Lipinski definition) is 2. The van der Waals surface area contributed by atoms with E-state index in [2.05, 4.69) is 33.0 Å². The van der Waals surface area contributed by atoms with Crippen LogP contribution in [0.5, 0.6) is 0 Å². The first-order valence-corrected chi connectivity index (χ1v) is 5.52. The maximum absolute atomic E-state index is 6.95. The molecule has 0 atom stereocenters. The summed E-state index contributed by atoms with van der Waals surface area (Å²) in [5.41, 5.74) is 0.897. The van der Waals surface area contributed by atoms with E-state index in [0.29, 0.717) is 5.92 Å². The van der Waals surface area contributed by atoms with Gasteiger partial charge in [0.15, 0.2) is 0 Å². The molecule has 84 valence electrons. The highest BCUT2D eigenvalue weighted by molar-refractivity contribution is 5.74. The number of allylic oxidation sites excluding steroid dienone is 2. The Bertz CT molecular complexity index is 146. The smallest absolute Gasteiger partial charge is 0.0475 e. The van der Waals surface area contributed by atoms with Crippen LogP contribution in [0.25, 0.3) is 0 Å². The van der Waals surface area contributed by atoms with Crippen molar-refractivity contribution >= 4 is 6.21 Å². The lowest BCUT2D eigenvalue weighted by atomic mass is 10.2. The monoisotopic (exact) mass is 198 g/mol. The summed E-state index contributed by atoms with van der Waals surface area (Å²) in [5, 5.41) is 10.1. The minimum atomic E-state index is 0.634. The van der Waals surface area contributed by atoms with Gasteiger partial charge in [-0.3, -0.25) is 0 Å². The van der Waals surface area contributed by atoms with Gasteiger partial charge in [0.1, 0.15) is 0 Å². The molecule has 0 fully saturated rings. The van der Waals surface area contributed by atoms with Crippen LogP contribution >= 0.6 is 0 Å². The quantitative estimate of drug-likeness (QED) is 0.651. The molecule has 0 aliphatic rings. The standard InChI is InChI=1S/C8H16N2.C4H10/c1-4-8(5-9)10-6-7(2)3;1-3-4-2/h4-5,7,9-10H,6H2,1-3H3;3-4H2,1-2H3/b8-4+,9-5?;. The minimum absolute atomic E-state index is 0.634. The predicted octanol–water partition coefficient (Wildman–Crippen LogP) is 3.59. The van der Waals surface area contributed by atoms with Crippen LogP contribution < -0.4 is 5.32 Å². The molecule has 0 aromatic heterocycles. The fourth-order valence-corrected chi connectivity index (χ4v) is 0.558. The summed E-state index contributed by atoms with van der Waals surface area (Å²) in [6.07, 6.45) is 5.87. The van der Waals surface area contributed by atoms with Gasteiger partial charge >= 0.3 is 0 Å². The van der Waals surface area contributed by atoms with Crippen molar-refractivity contribution in [1.29, 1.82) is 5.41 Å². The van der Waals surface area contributed by atoms with Crippen LogP contribution in [0.2, 0.25) is 0 Å². The maximum Gasteiger partial charge on any atom is 0.0475 e. The Morgan fingerprint density at radius 3 is 2.00 bits per heavy atom. The number of hydrogen-bond donors (Lipinski definition) is 2. The van der Waals surface area contributed by atoms with Gasteiger partial charge < -0.3 is 10.7 Å². The van der Waals surface area contributed by atoms with Gasteiger partial charge in [-0.15, -0.1) is 0 Å². The Morgan fingerprint density at radius 2 is 1.79 bits per heavy atom.